The third kappa shape index (κ3) is 2.28. The Morgan fingerprint density at radius 3 is 2.70 bits per heavy atom. The van der Waals surface area contributed by atoms with Crippen LogP contribution in [0.1, 0.15) is 11.3 Å². The highest BCUT2D eigenvalue weighted by Gasteiger charge is 2.07. The summed E-state index contributed by atoms with van der Waals surface area (Å²) >= 11 is 0. The van der Waals surface area contributed by atoms with Crippen molar-refractivity contribution in [1.82, 2.24) is 9.97 Å². The van der Waals surface area contributed by atoms with Gasteiger partial charge in [0.25, 0.3) is 0 Å². The third-order valence-corrected chi connectivity index (χ3v) is 3.24. The first-order chi connectivity index (χ1) is 9.75. The Morgan fingerprint density at radius 1 is 1.05 bits per heavy atom. The van der Waals surface area contributed by atoms with Gasteiger partial charge in [0.05, 0.1) is 16.9 Å². The van der Waals surface area contributed by atoms with E-state index in [1.165, 1.54) is 0 Å². The standard InChI is InChI=1S/C16H15N3O/c1-11-4-2-8-18-14(11)10-20-15-7-6-13(17)16-12(15)5-3-9-19-16/h2-9H,10,17H2,1H3. The van der Waals surface area contributed by atoms with Gasteiger partial charge in [-0.05, 0) is 42.8 Å². The summed E-state index contributed by atoms with van der Waals surface area (Å²) in [6.07, 6.45) is 3.50. The van der Waals surface area contributed by atoms with Crippen LogP contribution in [0.3, 0.4) is 0 Å². The number of rotatable bonds is 3. The number of fused-ring (bicyclic) bond motifs is 1. The molecule has 2 aromatic heterocycles. The Kier molecular flexibility index (Phi) is 3.21. The Balaban J connectivity index is 1.92. The summed E-state index contributed by atoms with van der Waals surface area (Å²) in [6.45, 7) is 2.45. The van der Waals surface area contributed by atoms with Crippen molar-refractivity contribution >= 4 is 16.6 Å². The molecular formula is C16H15N3O. The van der Waals surface area contributed by atoms with E-state index in [1.54, 1.807) is 12.4 Å². The number of aryl methyl sites for hydroxylation is 1. The Bertz CT molecular complexity index is 756. The molecular weight excluding hydrogens is 250 g/mol. The van der Waals surface area contributed by atoms with Crippen LogP contribution in [0.15, 0.2) is 48.8 Å². The number of ether oxygens (including phenoxy) is 1. The topological polar surface area (TPSA) is 61.0 Å². The molecule has 2 N–H and O–H groups in total. The second-order valence-corrected chi connectivity index (χ2v) is 4.61. The fraction of sp³-hybridized carbons (Fsp3) is 0.125. The smallest absolute Gasteiger partial charge is 0.130 e. The number of pyridine rings is 2. The molecule has 20 heavy (non-hydrogen) atoms. The molecule has 3 rings (SSSR count). The average molecular weight is 265 g/mol. The van der Waals surface area contributed by atoms with Gasteiger partial charge >= 0.3 is 0 Å². The molecule has 0 bridgehead atoms. The van der Waals surface area contributed by atoms with E-state index < -0.39 is 0 Å². The van der Waals surface area contributed by atoms with Crippen molar-refractivity contribution in [3.05, 3.63) is 60.0 Å². The number of hydrogen-bond acceptors (Lipinski definition) is 4. The van der Waals surface area contributed by atoms with Gasteiger partial charge in [-0.3, -0.25) is 9.97 Å². The minimum atomic E-state index is 0.431. The normalized spacial score (nSPS) is 10.7. The van der Waals surface area contributed by atoms with E-state index in [2.05, 4.69) is 9.97 Å². The first-order valence-corrected chi connectivity index (χ1v) is 6.42. The van der Waals surface area contributed by atoms with Crippen molar-refractivity contribution in [3.8, 4) is 5.75 Å². The molecule has 0 spiro atoms. The van der Waals surface area contributed by atoms with Crippen molar-refractivity contribution in [2.45, 2.75) is 13.5 Å². The van der Waals surface area contributed by atoms with Crippen molar-refractivity contribution in [3.63, 3.8) is 0 Å². The van der Waals surface area contributed by atoms with Crippen LogP contribution >= 0.6 is 0 Å². The van der Waals surface area contributed by atoms with Crippen LogP contribution in [-0.2, 0) is 6.61 Å². The lowest BCUT2D eigenvalue weighted by Gasteiger charge is -2.11. The summed E-state index contributed by atoms with van der Waals surface area (Å²) in [6, 6.07) is 11.5. The highest BCUT2D eigenvalue weighted by Crippen LogP contribution is 2.28. The molecule has 0 amide bonds. The predicted molar refractivity (Wildman–Crippen MR) is 79.5 cm³/mol. The van der Waals surface area contributed by atoms with Gasteiger partial charge in [-0.1, -0.05) is 6.07 Å². The molecule has 0 saturated heterocycles. The fourth-order valence-electron chi connectivity index (χ4n) is 2.11. The van der Waals surface area contributed by atoms with Crippen LogP contribution in [0.4, 0.5) is 5.69 Å². The van der Waals surface area contributed by atoms with E-state index >= 15 is 0 Å². The summed E-state index contributed by atoms with van der Waals surface area (Å²) in [7, 11) is 0. The van der Waals surface area contributed by atoms with Crippen LogP contribution in [0.5, 0.6) is 5.75 Å². The lowest BCUT2D eigenvalue weighted by atomic mass is 10.1. The van der Waals surface area contributed by atoms with Gasteiger partial charge in [0.15, 0.2) is 0 Å². The monoisotopic (exact) mass is 265 g/mol. The minimum absolute atomic E-state index is 0.431. The van der Waals surface area contributed by atoms with E-state index in [-0.39, 0.29) is 0 Å². The SMILES string of the molecule is Cc1cccnc1COc1ccc(N)c2ncccc12. The van der Waals surface area contributed by atoms with Crippen molar-refractivity contribution in [2.75, 3.05) is 5.73 Å². The highest BCUT2D eigenvalue weighted by molar-refractivity contribution is 5.93. The van der Waals surface area contributed by atoms with Crippen LogP contribution in [0, 0.1) is 6.92 Å². The predicted octanol–water partition coefficient (Wildman–Crippen LogP) is 3.10. The van der Waals surface area contributed by atoms with Gasteiger partial charge in [-0.2, -0.15) is 0 Å². The number of nitrogen functional groups attached to an aromatic ring is 1. The Hall–Kier alpha value is -2.62. The molecule has 0 aliphatic rings. The van der Waals surface area contributed by atoms with Gasteiger partial charge < -0.3 is 10.5 Å². The maximum absolute atomic E-state index is 5.93. The van der Waals surface area contributed by atoms with E-state index in [4.69, 9.17) is 10.5 Å². The molecule has 4 nitrogen and oxygen atoms in total. The second-order valence-electron chi connectivity index (χ2n) is 4.61. The Morgan fingerprint density at radius 2 is 1.85 bits per heavy atom. The Labute approximate surface area is 117 Å². The van der Waals surface area contributed by atoms with E-state index in [0.29, 0.717) is 12.3 Å². The minimum Gasteiger partial charge on any atom is -0.487 e. The largest absolute Gasteiger partial charge is 0.487 e. The molecule has 0 radical (unpaired) electrons. The quantitative estimate of drug-likeness (QED) is 0.739. The molecule has 100 valence electrons. The number of nitrogens with zero attached hydrogens (tertiary/aromatic N) is 2. The van der Waals surface area contributed by atoms with E-state index in [0.717, 1.165) is 27.9 Å². The number of anilines is 1. The maximum Gasteiger partial charge on any atom is 0.130 e. The van der Waals surface area contributed by atoms with Gasteiger partial charge in [0.2, 0.25) is 0 Å². The summed E-state index contributed by atoms with van der Waals surface area (Å²) in [5, 5.41) is 0.918. The van der Waals surface area contributed by atoms with Crippen LogP contribution in [-0.4, -0.2) is 9.97 Å². The van der Waals surface area contributed by atoms with Crippen LogP contribution in [0.25, 0.3) is 10.9 Å². The lowest BCUT2D eigenvalue weighted by molar-refractivity contribution is 0.304. The number of nitrogens with two attached hydrogens (primary N) is 1. The molecule has 0 fully saturated rings. The summed E-state index contributed by atoms with van der Waals surface area (Å²) in [5.41, 5.74) is 9.40. The van der Waals surface area contributed by atoms with Crippen molar-refractivity contribution in [2.24, 2.45) is 0 Å². The zero-order valence-corrected chi connectivity index (χ0v) is 11.2. The summed E-state index contributed by atoms with van der Waals surface area (Å²) in [4.78, 5) is 8.62. The molecule has 0 saturated carbocycles. The lowest BCUT2D eigenvalue weighted by Crippen LogP contribution is -2.01. The first kappa shape index (κ1) is 12.4. The maximum atomic E-state index is 5.93. The summed E-state index contributed by atoms with van der Waals surface area (Å²) < 4.78 is 5.88. The van der Waals surface area contributed by atoms with E-state index in [1.807, 2.05) is 43.3 Å². The molecule has 0 atom stereocenters. The average Bonchev–Trinajstić information content (AvgIpc) is 2.48. The van der Waals surface area contributed by atoms with Gasteiger partial charge in [-0.15, -0.1) is 0 Å². The first-order valence-electron chi connectivity index (χ1n) is 6.42. The number of aromatic nitrogens is 2. The summed E-state index contributed by atoms with van der Waals surface area (Å²) in [5.74, 6) is 0.771. The number of benzene rings is 1. The molecule has 3 aromatic rings. The van der Waals surface area contributed by atoms with Crippen LogP contribution < -0.4 is 10.5 Å². The van der Waals surface area contributed by atoms with E-state index in [9.17, 15) is 0 Å². The van der Waals surface area contributed by atoms with Gasteiger partial charge in [0, 0.05) is 17.8 Å². The molecule has 2 heterocycles. The molecule has 4 heteroatoms. The molecule has 0 aliphatic carbocycles. The molecule has 1 aromatic carbocycles. The number of hydrogen-bond donors (Lipinski definition) is 1. The zero-order valence-electron chi connectivity index (χ0n) is 11.2. The molecule has 0 unspecified atom stereocenters. The van der Waals surface area contributed by atoms with Crippen molar-refractivity contribution in [1.29, 1.82) is 0 Å². The van der Waals surface area contributed by atoms with Crippen molar-refractivity contribution < 1.29 is 4.74 Å². The fourth-order valence-corrected chi connectivity index (χ4v) is 2.11. The second kappa shape index (κ2) is 5.17. The molecule has 0 aliphatic heterocycles. The van der Waals surface area contributed by atoms with Gasteiger partial charge in [-0.25, -0.2) is 0 Å². The van der Waals surface area contributed by atoms with Crippen LogP contribution in [0.2, 0.25) is 0 Å². The third-order valence-electron chi connectivity index (χ3n) is 3.24. The van der Waals surface area contributed by atoms with Gasteiger partial charge in [0.1, 0.15) is 12.4 Å². The zero-order chi connectivity index (χ0) is 13.9. The highest BCUT2D eigenvalue weighted by atomic mass is 16.5.